The molecule has 8 heteroatoms. The van der Waals surface area contributed by atoms with E-state index in [1.165, 1.54) is 14.2 Å². The van der Waals surface area contributed by atoms with Crippen molar-refractivity contribution in [3.05, 3.63) is 59.7 Å². The Morgan fingerprint density at radius 3 is 2.61 bits per heavy atom. The number of likely N-dealkylation sites (N-methyl/N-ethyl adjacent to an activating group) is 1. The van der Waals surface area contributed by atoms with E-state index in [4.69, 9.17) is 19.0 Å². The van der Waals surface area contributed by atoms with E-state index in [0.29, 0.717) is 11.5 Å². The quantitative estimate of drug-likeness (QED) is 0.735. The average molecular weight is 386 g/mol. The molecule has 2 aromatic rings. The van der Waals surface area contributed by atoms with Gasteiger partial charge in [-0.3, -0.25) is 9.63 Å². The van der Waals surface area contributed by atoms with Gasteiger partial charge in [-0.15, -0.1) is 0 Å². The number of nitrogens with one attached hydrogen (secondary N) is 1. The van der Waals surface area contributed by atoms with E-state index in [9.17, 15) is 9.59 Å². The highest BCUT2D eigenvalue weighted by atomic mass is 16.7. The van der Waals surface area contributed by atoms with Crippen LogP contribution in [0.3, 0.4) is 0 Å². The minimum absolute atomic E-state index is 0.109. The Kier molecular flexibility index (Phi) is 6.33. The van der Waals surface area contributed by atoms with Crippen molar-refractivity contribution in [2.45, 2.75) is 19.1 Å². The summed E-state index contributed by atoms with van der Waals surface area (Å²) in [5, 5.41) is 3.68. The molecular weight excluding hydrogens is 364 g/mol. The lowest BCUT2D eigenvalue weighted by atomic mass is 10.0. The van der Waals surface area contributed by atoms with Gasteiger partial charge in [-0.25, -0.2) is 9.86 Å². The third kappa shape index (κ3) is 4.92. The van der Waals surface area contributed by atoms with Gasteiger partial charge < -0.3 is 19.5 Å². The van der Waals surface area contributed by atoms with Crippen LogP contribution in [-0.2, 0) is 27.4 Å². The third-order valence-electron chi connectivity index (χ3n) is 4.26. The molecule has 1 N–H and O–H groups in total. The molecule has 0 aliphatic carbocycles. The fourth-order valence-electron chi connectivity index (χ4n) is 2.72. The van der Waals surface area contributed by atoms with E-state index in [1.54, 1.807) is 12.1 Å². The Balaban J connectivity index is 1.66. The molecule has 1 heterocycles. The van der Waals surface area contributed by atoms with Gasteiger partial charge in [0.05, 0.1) is 7.11 Å². The number of carbonyl (C=O) groups is 2. The van der Waals surface area contributed by atoms with Crippen LogP contribution in [0.2, 0.25) is 0 Å². The number of hydroxylamine groups is 2. The number of amides is 2. The van der Waals surface area contributed by atoms with Crippen molar-refractivity contribution >= 4 is 12.0 Å². The molecule has 0 fully saturated rings. The average Bonchev–Trinajstić information content (AvgIpc) is 3.19. The van der Waals surface area contributed by atoms with Crippen molar-refractivity contribution in [2.75, 3.05) is 21.0 Å². The van der Waals surface area contributed by atoms with Crippen LogP contribution in [0.25, 0.3) is 0 Å². The van der Waals surface area contributed by atoms with Gasteiger partial charge in [0.2, 0.25) is 6.79 Å². The Morgan fingerprint density at radius 1 is 1.11 bits per heavy atom. The van der Waals surface area contributed by atoms with Crippen molar-refractivity contribution in [1.29, 1.82) is 0 Å². The van der Waals surface area contributed by atoms with Crippen LogP contribution in [0.1, 0.15) is 11.1 Å². The number of nitrogens with zero attached hydrogens (tertiary/aromatic N) is 1. The summed E-state index contributed by atoms with van der Waals surface area (Å²) in [6.07, 6.45) is -0.448. The summed E-state index contributed by atoms with van der Waals surface area (Å²) < 4.78 is 15.9. The van der Waals surface area contributed by atoms with Crippen molar-refractivity contribution in [1.82, 2.24) is 10.4 Å². The van der Waals surface area contributed by atoms with Crippen LogP contribution < -0.4 is 14.8 Å². The second kappa shape index (κ2) is 9.09. The van der Waals surface area contributed by atoms with Crippen LogP contribution in [0.15, 0.2) is 48.5 Å². The molecule has 1 aliphatic rings. The van der Waals surface area contributed by atoms with E-state index in [0.717, 1.165) is 16.2 Å². The molecule has 0 aromatic heterocycles. The summed E-state index contributed by atoms with van der Waals surface area (Å²) in [5.74, 6) is 0.850. The van der Waals surface area contributed by atoms with Gasteiger partial charge in [-0.2, -0.15) is 0 Å². The molecule has 2 amide bonds. The van der Waals surface area contributed by atoms with E-state index < -0.39 is 18.0 Å². The van der Waals surface area contributed by atoms with E-state index in [2.05, 4.69) is 5.32 Å². The Bertz CT molecular complexity index is 827. The molecule has 0 spiro atoms. The maximum absolute atomic E-state index is 12.6. The van der Waals surface area contributed by atoms with Crippen molar-refractivity contribution < 1.29 is 28.6 Å². The lowest BCUT2D eigenvalue weighted by Gasteiger charge is -2.22. The zero-order chi connectivity index (χ0) is 19.9. The molecule has 8 nitrogen and oxygen atoms in total. The predicted octanol–water partition coefficient (Wildman–Crippen LogP) is 2.27. The highest BCUT2D eigenvalue weighted by Gasteiger charge is 2.26. The number of benzene rings is 2. The highest BCUT2D eigenvalue weighted by molar-refractivity contribution is 5.85. The molecule has 0 saturated carbocycles. The minimum Gasteiger partial charge on any atom is -0.454 e. The first-order valence-electron chi connectivity index (χ1n) is 8.74. The molecule has 0 radical (unpaired) electrons. The molecule has 3 rings (SSSR count). The molecule has 0 unspecified atom stereocenters. The number of fused-ring (bicyclic) bond motifs is 1. The van der Waals surface area contributed by atoms with Crippen LogP contribution in [0.4, 0.5) is 4.79 Å². The van der Waals surface area contributed by atoms with Gasteiger partial charge in [-0.1, -0.05) is 36.4 Å². The number of rotatable bonds is 7. The predicted molar refractivity (Wildman–Crippen MR) is 99.6 cm³/mol. The fourth-order valence-corrected chi connectivity index (χ4v) is 2.72. The standard InChI is InChI=1S/C20H22N2O6/c1-22(25-2)19(23)16(10-15-8-9-17-18(11-15)28-13-27-17)21-20(24)26-12-14-6-4-3-5-7-14/h3-9,11,16H,10,12-13H2,1-2H3,(H,21,24)/t16-/m0/s1. The number of hydrogen-bond acceptors (Lipinski definition) is 6. The Labute approximate surface area is 162 Å². The lowest BCUT2D eigenvalue weighted by Crippen LogP contribution is -2.48. The van der Waals surface area contributed by atoms with E-state index in [-0.39, 0.29) is 19.8 Å². The summed E-state index contributed by atoms with van der Waals surface area (Å²) in [7, 11) is 2.86. The molecule has 2 aromatic carbocycles. The second-order valence-electron chi connectivity index (χ2n) is 6.17. The Morgan fingerprint density at radius 2 is 1.86 bits per heavy atom. The molecule has 0 bridgehead atoms. The monoisotopic (exact) mass is 386 g/mol. The van der Waals surface area contributed by atoms with Crippen molar-refractivity contribution in [3.8, 4) is 11.5 Å². The van der Waals surface area contributed by atoms with Crippen LogP contribution >= 0.6 is 0 Å². The first-order chi connectivity index (χ1) is 13.6. The SMILES string of the molecule is CON(C)C(=O)[C@H](Cc1ccc2c(c1)OCO2)NC(=O)OCc1ccccc1. The zero-order valence-corrected chi connectivity index (χ0v) is 15.7. The number of ether oxygens (including phenoxy) is 3. The van der Waals surface area contributed by atoms with E-state index >= 15 is 0 Å². The van der Waals surface area contributed by atoms with Crippen molar-refractivity contribution in [3.63, 3.8) is 0 Å². The zero-order valence-electron chi connectivity index (χ0n) is 15.7. The smallest absolute Gasteiger partial charge is 0.408 e. The maximum atomic E-state index is 12.6. The van der Waals surface area contributed by atoms with Gasteiger partial charge in [-0.05, 0) is 23.3 Å². The van der Waals surface area contributed by atoms with Gasteiger partial charge >= 0.3 is 6.09 Å². The number of hydrogen-bond donors (Lipinski definition) is 1. The van der Waals surface area contributed by atoms with Gasteiger partial charge in [0.15, 0.2) is 11.5 Å². The van der Waals surface area contributed by atoms with Gasteiger partial charge in [0.25, 0.3) is 5.91 Å². The summed E-state index contributed by atoms with van der Waals surface area (Å²) in [5.41, 5.74) is 1.65. The molecule has 28 heavy (non-hydrogen) atoms. The normalized spacial score (nSPS) is 12.9. The highest BCUT2D eigenvalue weighted by Crippen LogP contribution is 2.32. The molecule has 1 aliphatic heterocycles. The van der Waals surface area contributed by atoms with Crippen LogP contribution in [0, 0.1) is 0 Å². The van der Waals surface area contributed by atoms with Crippen LogP contribution in [0.5, 0.6) is 11.5 Å². The summed E-state index contributed by atoms with van der Waals surface area (Å²) in [6.45, 7) is 0.273. The van der Waals surface area contributed by atoms with Gasteiger partial charge in [0, 0.05) is 13.5 Å². The summed E-state index contributed by atoms with van der Waals surface area (Å²) >= 11 is 0. The third-order valence-corrected chi connectivity index (χ3v) is 4.26. The Hall–Kier alpha value is -3.26. The minimum atomic E-state index is -0.867. The second-order valence-corrected chi connectivity index (χ2v) is 6.17. The summed E-state index contributed by atoms with van der Waals surface area (Å²) in [6, 6.07) is 13.8. The number of alkyl carbamates (subject to hydrolysis) is 1. The van der Waals surface area contributed by atoms with E-state index in [1.807, 2.05) is 36.4 Å². The largest absolute Gasteiger partial charge is 0.454 e. The first kappa shape index (κ1) is 19.5. The topological polar surface area (TPSA) is 86.3 Å². The molecular formula is C20H22N2O6. The first-order valence-corrected chi connectivity index (χ1v) is 8.74. The molecule has 148 valence electrons. The maximum Gasteiger partial charge on any atom is 0.408 e. The molecule has 0 saturated heterocycles. The van der Waals surface area contributed by atoms with Crippen LogP contribution in [-0.4, -0.2) is 44.1 Å². The number of carbonyl (C=O) groups excluding carboxylic acids is 2. The van der Waals surface area contributed by atoms with Gasteiger partial charge in [0.1, 0.15) is 12.6 Å². The fraction of sp³-hybridized carbons (Fsp3) is 0.300. The lowest BCUT2D eigenvalue weighted by molar-refractivity contribution is -0.170. The molecule has 1 atom stereocenters. The summed E-state index contributed by atoms with van der Waals surface area (Å²) in [4.78, 5) is 29.8. The van der Waals surface area contributed by atoms with Crippen molar-refractivity contribution in [2.24, 2.45) is 0 Å².